The fourth-order valence-corrected chi connectivity index (χ4v) is 4.47. The van der Waals surface area contributed by atoms with E-state index in [9.17, 15) is 9.59 Å². The van der Waals surface area contributed by atoms with Crippen LogP contribution in [0, 0.1) is 5.92 Å². The smallest absolute Gasteiger partial charge is 0.326 e. The summed E-state index contributed by atoms with van der Waals surface area (Å²) in [4.78, 5) is 29.7. The third-order valence-electron chi connectivity index (χ3n) is 5.87. The van der Waals surface area contributed by atoms with Crippen LogP contribution in [0.2, 0.25) is 0 Å². The number of benzene rings is 1. The molecule has 0 aromatic heterocycles. The Bertz CT molecular complexity index is 705. The number of ether oxygens (including phenoxy) is 1. The Kier molecular flexibility index (Phi) is 4.15. The summed E-state index contributed by atoms with van der Waals surface area (Å²) >= 11 is 0. The average Bonchev–Trinajstić information content (AvgIpc) is 2.87. The topological polar surface area (TPSA) is 53.1 Å². The van der Waals surface area contributed by atoms with Crippen LogP contribution >= 0.6 is 0 Å². The number of urea groups is 1. The summed E-state index contributed by atoms with van der Waals surface area (Å²) in [5, 5.41) is 0. The molecule has 2 atom stereocenters. The molecule has 1 aromatic rings. The summed E-state index contributed by atoms with van der Waals surface area (Å²) < 4.78 is 5.36. The third kappa shape index (κ3) is 2.88. The molecule has 0 saturated carbocycles. The van der Waals surface area contributed by atoms with Gasteiger partial charge in [-0.05, 0) is 55.0 Å². The van der Waals surface area contributed by atoms with E-state index in [-0.39, 0.29) is 18.5 Å². The second-order valence-corrected chi connectivity index (χ2v) is 7.40. The maximum atomic E-state index is 12.1. The zero-order valence-corrected chi connectivity index (χ0v) is 14.9. The summed E-state index contributed by atoms with van der Waals surface area (Å²) in [6, 6.07) is 6.61. The molecular weight excluding hydrogens is 318 g/mol. The van der Waals surface area contributed by atoms with Gasteiger partial charge in [0, 0.05) is 26.2 Å². The van der Waals surface area contributed by atoms with Crippen molar-refractivity contribution in [2.45, 2.75) is 25.3 Å². The fourth-order valence-electron chi connectivity index (χ4n) is 4.47. The first-order valence-corrected chi connectivity index (χ1v) is 9.03. The fraction of sp³-hybridized carbons (Fsp3) is 0.579. The lowest BCUT2D eigenvalue weighted by molar-refractivity contribution is -0.126. The van der Waals surface area contributed by atoms with Crippen molar-refractivity contribution >= 4 is 11.9 Å². The van der Waals surface area contributed by atoms with Crippen molar-refractivity contribution in [3.05, 3.63) is 29.3 Å². The molecule has 2 saturated heterocycles. The maximum absolute atomic E-state index is 12.1. The molecule has 3 aliphatic heterocycles. The number of amides is 3. The minimum atomic E-state index is -0.152. The van der Waals surface area contributed by atoms with Gasteiger partial charge in [-0.25, -0.2) is 4.79 Å². The van der Waals surface area contributed by atoms with Crippen LogP contribution in [0.15, 0.2) is 18.2 Å². The van der Waals surface area contributed by atoms with Crippen molar-refractivity contribution in [2.24, 2.45) is 5.92 Å². The first-order valence-electron chi connectivity index (χ1n) is 9.03. The van der Waals surface area contributed by atoms with E-state index in [2.05, 4.69) is 17.0 Å². The number of piperidine rings is 1. The largest absolute Gasteiger partial charge is 0.497 e. The predicted octanol–water partition coefficient (Wildman–Crippen LogP) is 1.90. The van der Waals surface area contributed by atoms with Crippen molar-refractivity contribution in [2.75, 3.05) is 40.3 Å². The number of nitrogens with zero attached hydrogens (tertiary/aromatic N) is 3. The molecule has 3 aliphatic rings. The highest BCUT2D eigenvalue weighted by Gasteiger charge is 2.38. The van der Waals surface area contributed by atoms with Crippen molar-refractivity contribution in [3.63, 3.8) is 0 Å². The Morgan fingerprint density at radius 1 is 1.24 bits per heavy atom. The van der Waals surface area contributed by atoms with Gasteiger partial charge in [-0.1, -0.05) is 6.07 Å². The minimum absolute atomic E-state index is 0.0660. The molecule has 2 unspecified atom stereocenters. The summed E-state index contributed by atoms with van der Waals surface area (Å²) in [6.45, 7) is 2.87. The second kappa shape index (κ2) is 6.33. The van der Waals surface area contributed by atoms with Crippen LogP contribution in [0.1, 0.15) is 30.0 Å². The molecule has 3 amide bonds. The molecule has 0 spiro atoms. The number of likely N-dealkylation sites (N-methyl/N-ethyl adjacent to an activating group) is 1. The quantitative estimate of drug-likeness (QED) is 0.787. The standard InChI is InChI=1S/C19H25N3O3/c1-20-12-18(23)22(19(20)24)11-13-5-7-21-8-6-14-10-15(25-2)3-4-16(14)17(21)9-13/h3-4,10,13,17H,5-9,11-12H2,1-2H3. The van der Waals surface area contributed by atoms with Crippen molar-refractivity contribution < 1.29 is 14.3 Å². The number of fused-ring (bicyclic) bond motifs is 3. The van der Waals surface area contributed by atoms with E-state index in [4.69, 9.17) is 4.74 Å². The molecule has 1 aromatic carbocycles. The molecule has 0 N–H and O–H groups in total. The number of carbonyl (C=O) groups is 2. The number of imide groups is 1. The van der Waals surface area contributed by atoms with E-state index in [0.29, 0.717) is 18.5 Å². The molecule has 25 heavy (non-hydrogen) atoms. The van der Waals surface area contributed by atoms with E-state index in [1.165, 1.54) is 20.9 Å². The van der Waals surface area contributed by atoms with Gasteiger partial charge in [-0.3, -0.25) is 14.6 Å². The van der Waals surface area contributed by atoms with Crippen LogP contribution in [-0.2, 0) is 11.2 Å². The van der Waals surface area contributed by atoms with Crippen LogP contribution in [0.5, 0.6) is 5.75 Å². The lowest BCUT2D eigenvalue weighted by atomic mass is 9.82. The van der Waals surface area contributed by atoms with Crippen LogP contribution in [0.3, 0.4) is 0 Å². The first-order chi connectivity index (χ1) is 12.1. The third-order valence-corrected chi connectivity index (χ3v) is 5.87. The van der Waals surface area contributed by atoms with Crippen LogP contribution < -0.4 is 4.74 Å². The number of rotatable bonds is 3. The van der Waals surface area contributed by atoms with E-state index in [0.717, 1.165) is 38.1 Å². The van der Waals surface area contributed by atoms with Crippen LogP contribution in [0.25, 0.3) is 0 Å². The maximum Gasteiger partial charge on any atom is 0.326 e. The van der Waals surface area contributed by atoms with E-state index >= 15 is 0 Å². The van der Waals surface area contributed by atoms with Crippen LogP contribution in [0.4, 0.5) is 4.79 Å². The summed E-state index contributed by atoms with van der Waals surface area (Å²) in [5.41, 5.74) is 2.75. The Balaban J connectivity index is 1.50. The van der Waals surface area contributed by atoms with Crippen LogP contribution in [-0.4, -0.2) is 67.0 Å². The van der Waals surface area contributed by atoms with E-state index in [1.807, 2.05) is 6.07 Å². The van der Waals surface area contributed by atoms with Gasteiger partial charge in [0.15, 0.2) is 0 Å². The van der Waals surface area contributed by atoms with E-state index < -0.39 is 0 Å². The van der Waals surface area contributed by atoms with Gasteiger partial charge < -0.3 is 9.64 Å². The number of carbonyl (C=O) groups excluding carboxylic acids is 2. The second-order valence-electron chi connectivity index (χ2n) is 7.40. The molecule has 6 nitrogen and oxygen atoms in total. The number of hydrogen-bond donors (Lipinski definition) is 0. The molecule has 4 rings (SSSR count). The Labute approximate surface area is 148 Å². The van der Waals surface area contributed by atoms with Gasteiger partial charge in [0.25, 0.3) is 0 Å². The van der Waals surface area contributed by atoms with Gasteiger partial charge in [0.1, 0.15) is 12.3 Å². The first kappa shape index (κ1) is 16.4. The van der Waals surface area contributed by atoms with Gasteiger partial charge in [0.05, 0.1) is 7.11 Å². The van der Waals surface area contributed by atoms with Gasteiger partial charge in [-0.2, -0.15) is 0 Å². The Morgan fingerprint density at radius 2 is 2.08 bits per heavy atom. The highest BCUT2D eigenvalue weighted by Crippen LogP contribution is 2.40. The molecule has 3 heterocycles. The van der Waals surface area contributed by atoms with Crippen molar-refractivity contribution in [3.8, 4) is 5.75 Å². The van der Waals surface area contributed by atoms with Gasteiger partial charge >= 0.3 is 6.03 Å². The lowest BCUT2D eigenvalue weighted by Gasteiger charge is -2.44. The molecule has 0 radical (unpaired) electrons. The molecule has 0 aliphatic carbocycles. The summed E-state index contributed by atoms with van der Waals surface area (Å²) in [5.74, 6) is 1.22. The molecule has 134 valence electrons. The average molecular weight is 343 g/mol. The zero-order valence-electron chi connectivity index (χ0n) is 14.9. The molecule has 0 bridgehead atoms. The SMILES string of the molecule is COc1ccc2c(c1)CCN1CCC(CN3C(=O)CN(C)C3=O)CC21. The number of methoxy groups -OCH3 is 1. The summed E-state index contributed by atoms with van der Waals surface area (Å²) in [6.07, 6.45) is 3.10. The zero-order chi connectivity index (χ0) is 17.6. The van der Waals surface area contributed by atoms with Crippen molar-refractivity contribution in [1.82, 2.24) is 14.7 Å². The molecule has 2 fully saturated rings. The van der Waals surface area contributed by atoms with Crippen molar-refractivity contribution in [1.29, 1.82) is 0 Å². The Hall–Kier alpha value is -2.08. The van der Waals surface area contributed by atoms with Gasteiger partial charge in [0.2, 0.25) is 5.91 Å². The summed E-state index contributed by atoms with van der Waals surface area (Å²) in [7, 11) is 3.39. The lowest BCUT2D eigenvalue weighted by Crippen LogP contribution is -2.45. The molecular formula is C19H25N3O3. The Morgan fingerprint density at radius 3 is 2.80 bits per heavy atom. The normalized spacial score (nSPS) is 26.6. The highest BCUT2D eigenvalue weighted by molar-refractivity contribution is 6.01. The van der Waals surface area contributed by atoms with Gasteiger partial charge in [-0.15, -0.1) is 0 Å². The number of hydrogen-bond acceptors (Lipinski definition) is 4. The molecule has 6 heteroatoms. The highest BCUT2D eigenvalue weighted by atomic mass is 16.5. The monoisotopic (exact) mass is 343 g/mol. The van der Waals surface area contributed by atoms with E-state index in [1.54, 1.807) is 14.2 Å². The predicted molar refractivity (Wildman–Crippen MR) is 93.5 cm³/mol. The minimum Gasteiger partial charge on any atom is -0.497 e.